The van der Waals surface area contributed by atoms with E-state index in [9.17, 15) is 0 Å². The quantitative estimate of drug-likeness (QED) is 0.215. The van der Waals surface area contributed by atoms with Gasteiger partial charge < -0.3 is 9.64 Å². The van der Waals surface area contributed by atoms with Crippen LogP contribution in [0.15, 0.2) is 180 Å². The van der Waals surface area contributed by atoms with E-state index in [0.717, 1.165) is 11.5 Å². The molecule has 3 aliphatic rings. The first-order valence-corrected chi connectivity index (χ1v) is 20.3. The maximum atomic E-state index is 6.72. The van der Waals surface area contributed by atoms with Crippen LogP contribution in [0, 0.1) is 0 Å². The number of hydrogen-bond donors (Lipinski definition) is 0. The fourth-order valence-corrected chi connectivity index (χ4v) is 18.7. The van der Waals surface area contributed by atoms with Crippen LogP contribution in [0.5, 0.6) is 11.5 Å². The molecule has 5 heteroatoms. The predicted octanol–water partition coefficient (Wildman–Crippen LogP) is 5.93. The number of hydrogen-bond acceptors (Lipinski definition) is 3. The van der Waals surface area contributed by atoms with Gasteiger partial charge >= 0.3 is 0 Å². The van der Waals surface area contributed by atoms with E-state index in [1.54, 1.807) is 0 Å². The van der Waals surface area contributed by atoms with Crippen molar-refractivity contribution in [2.75, 3.05) is 4.90 Å². The van der Waals surface area contributed by atoms with E-state index in [1.807, 2.05) is 11.8 Å². The minimum atomic E-state index is -2.84. The van der Waals surface area contributed by atoms with Crippen molar-refractivity contribution in [3.05, 3.63) is 170 Å². The first-order valence-electron chi connectivity index (χ1n) is 16.0. The van der Waals surface area contributed by atoms with Gasteiger partial charge in [-0.1, -0.05) is 149 Å². The first kappa shape index (κ1) is 27.1. The third-order valence-electron chi connectivity index (χ3n) is 9.83. The molecule has 0 aromatic heterocycles. The molecule has 0 bridgehead atoms. The third kappa shape index (κ3) is 3.85. The Kier molecular flexibility index (Phi) is 6.03. The van der Waals surface area contributed by atoms with Crippen molar-refractivity contribution in [3.63, 3.8) is 0 Å². The van der Waals surface area contributed by atoms with Crippen LogP contribution in [0.4, 0.5) is 17.1 Å². The summed E-state index contributed by atoms with van der Waals surface area (Å²) in [4.78, 5) is 5.03. The monoisotopic (exact) mass is 650 g/mol. The zero-order valence-electron chi connectivity index (χ0n) is 25.4. The minimum Gasteiger partial charge on any atom is -0.458 e. The van der Waals surface area contributed by atoms with Crippen LogP contribution >= 0.6 is 11.8 Å². The minimum absolute atomic E-state index is 0.976. The van der Waals surface area contributed by atoms with Gasteiger partial charge in [-0.25, -0.2) is 0 Å². The van der Waals surface area contributed by atoms with Crippen LogP contribution in [0.3, 0.4) is 0 Å². The molecule has 10 rings (SSSR count). The maximum Gasteiger partial charge on any atom is 0.188 e. The number of benzene rings is 7. The molecule has 0 saturated carbocycles. The summed E-state index contributed by atoms with van der Waals surface area (Å²) in [5.74, 6) is 1.95. The average Bonchev–Trinajstić information content (AvgIpc) is 3.14. The van der Waals surface area contributed by atoms with Gasteiger partial charge in [-0.15, -0.1) is 0 Å². The number of ether oxygens (including phenoxy) is 1. The van der Waals surface area contributed by atoms with Gasteiger partial charge in [-0.2, -0.15) is 0 Å². The summed E-state index contributed by atoms with van der Waals surface area (Å²) in [5.41, 5.74) is 3.65. The van der Waals surface area contributed by atoms with Gasteiger partial charge in [0.25, 0.3) is 0 Å². The Bertz CT molecular complexity index is 2270. The Morgan fingerprint density at radius 2 is 1.00 bits per heavy atom. The smallest absolute Gasteiger partial charge is 0.188 e. The van der Waals surface area contributed by atoms with Gasteiger partial charge in [-0.3, -0.25) is 0 Å². The van der Waals surface area contributed by atoms with Crippen molar-refractivity contribution in [1.29, 1.82) is 0 Å². The van der Waals surface area contributed by atoms with Crippen LogP contribution in [0.2, 0.25) is 0 Å². The molecule has 0 N–H and O–H groups in total. The zero-order chi connectivity index (χ0) is 31.0. The second-order valence-corrected chi connectivity index (χ2v) is 19.4. The largest absolute Gasteiger partial charge is 0.458 e. The van der Waals surface area contributed by atoms with Crippen LogP contribution in [0.1, 0.15) is 0 Å². The summed E-state index contributed by atoms with van der Waals surface area (Å²) in [6, 6.07) is 63.2. The van der Waals surface area contributed by atoms with E-state index in [2.05, 4.69) is 175 Å². The van der Waals surface area contributed by atoms with Gasteiger partial charge in [0.15, 0.2) is 16.9 Å². The summed E-state index contributed by atoms with van der Waals surface area (Å²) < 4.78 is 6.72. The third-order valence-corrected chi connectivity index (χ3v) is 19.2. The lowest BCUT2D eigenvalue weighted by atomic mass is 10.2. The summed E-state index contributed by atoms with van der Waals surface area (Å²) in [7, 11) is -4.15. The van der Waals surface area contributed by atoms with Crippen molar-refractivity contribution in [2.45, 2.75) is 9.79 Å². The molecule has 47 heavy (non-hydrogen) atoms. The first-order chi connectivity index (χ1) is 23.3. The molecule has 2 nitrogen and oxygen atoms in total. The van der Waals surface area contributed by atoms with E-state index in [0.29, 0.717) is 0 Å². The Labute approximate surface area is 281 Å². The Morgan fingerprint density at radius 3 is 1.68 bits per heavy atom. The highest BCUT2D eigenvalue weighted by atomic mass is 32.2. The fourth-order valence-electron chi connectivity index (χ4n) is 7.99. The van der Waals surface area contributed by atoms with E-state index in [-0.39, 0.29) is 0 Å². The van der Waals surface area contributed by atoms with Crippen LogP contribution in [-0.4, -0.2) is 16.9 Å². The molecular formula is C42H28NOSSi2. The Balaban J connectivity index is 1.34. The van der Waals surface area contributed by atoms with Gasteiger partial charge in [-0.05, 0) is 69.3 Å². The number of anilines is 3. The molecule has 3 aliphatic heterocycles. The molecule has 7 aromatic rings. The second-order valence-electron chi connectivity index (χ2n) is 12.2. The Morgan fingerprint density at radius 1 is 0.468 bits per heavy atom. The number of para-hydroxylation sites is 4. The summed E-state index contributed by atoms with van der Waals surface area (Å²) in [5, 5.41) is 10.0. The highest BCUT2D eigenvalue weighted by molar-refractivity contribution is 7.99. The second kappa shape index (κ2) is 10.5. The number of nitrogens with zero attached hydrogens (tertiary/aromatic N) is 1. The van der Waals surface area contributed by atoms with E-state index < -0.39 is 16.9 Å². The lowest BCUT2D eigenvalue weighted by molar-refractivity contribution is 0.487. The van der Waals surface area contributed by atoms with E-state index in [1.165, 1.54) is 63.2 Å². The van der Waals surface area contributed by atoms with Gasteiger partial charge in [0.05, 0.1) is 11.4 Å². The molecule has 0 saturated heterocycles. The standard InChI is InChI=1S/C42H28NOSSi2/c1-2-14-30(15-3-1)46-37-22-10-13-25-41(37)47(39-23-11-6-18-33(39)44-34-19-7-12-24-40(34)47)42-28-29(26-27-38(42)46)43-31-16-4-8-20-35(31)45-36-21-9-5-17-32(36)43/h1-28H. The van der Waals surface area contributed by atoms with Crippen molar-refractivity contribution in [2.24, 2.45) is 0 Å². The molecule has 0 aliphatic carbocycles. The van der Waals surface area contributed by atoms with Crippen molar-refractivity contribution >= 4 is 82.0 Å². The van der Waals surface area contributed by atoms with Crippen LogP contribution < -0.4 is 45.9 Å². The number of fused-ring (bicyclic) bond motifs is 10. The maximum absolute atomic E-state index is 6.72. The van der Waals surface area contributed by atoms with Crippen LogP contribution in [-0.2, 0) is 0 Å². The number of rotatable bonds is 2. The summed E-state index contributed by atoms with van der Waals surface area (Å²) in [6.45, 7) is 0. The van der Waals surface area contributed by atoms with Crippen LogP contribution in [0.25, 0.3) is 0 Å². The van der Waals surface area contributed by atoms with Gasteiger partial charge in [0.1, 0.15) is 11.5 Å². The lowest BCUT2D eigenvalue weighted by Gasteiger charge is -2.46. The SMILES string of the molecule is c1ccc([Si]2c3ccccc3[Si]3(c4ccccc4Oc4ccccc43)c3cc(N4c5ccccc5Sc5ccccc54)ccc32)cc1. The lowest BCUT2D eigenvalue weighted by Crippen LogP contribution is -2.87. The van der Waals surface area contributed by atoms with Gasteiger partial charge in [0.2, 0.25) is 0 Å². The van der Waals surface area contributed by atoms with E-state index >= 15 is 0 Å². The molecule has 3 heterocycles. The Hall–Kier alpha value is -5.08. The molecule has 0 fully saturated rings. The van der Waals surface area contributed by atoms with Crippen molar-refractivity contribution in [1.82, 2.24) is 0 Å². The molecule has 0 atom stereocenters. The summed E-state index contributed by atoms with van der Waals surface area (Å²) in [6.07, 6.45) is 0. The summed E-state index contributed by atoms with van der Waals surface area (Å²) >= 11 is 1.86. The normalized spacial score (nSPS) is 14.9. The van der Waals surface area contributed by atoms with Crippen molar-refractivity contribution < 1.29 is 4.74 Å². The zero-order valence-corrected chi connectivity index (χ0v) is 28.2. The molecule has 7 aromatic carbocycles. The van der Waals surface area contributed by atoms with Gasteiger partial charge in [0, 0.05) is 15.5 Å². The highest BCUT2D eigenvalue weighted by Gasteiger charge is 2.54. The molecule has 1 radical (unpaired) electrons. The average molecular weight is 651 g/mol. The fraction of sp³-hybridized carbons (Fsp3) is 0. The highest BCUT2D eigenvalue weighted by Crippen LogP contribution is 2.51. The topological polar surface area (TPSA) is 12.5 Å². The molecule has 1 spiro atoms. The predicted molar refractivity (Wildman–Crippen MR) is 200 cm³/mol. The molecule has 221 valence electrons. The molecular weight excluding hydrogens is 623 g/mol. The molecule has 0 unspecified atom stereocenters. The van der Waals surface area contributed by atoms with E-state index in [4.69, 9.17) is 4.74 Å². The van der Waals surface area contributed by atoms with Crippen molar-refractivity contribution in [3.8, 4) is 11.5 Å². The molecule has 0 amide bonds.